The Kier molecular flexibility index (Phi) is 3.81. The summed E-state index contributed by atoms with van der Waals surface area (Å²) < 4.78 is 11.0. The van der Waals surface area contributed by atoms with Crippen molar-refractivity contribution >= 4 is 27.6 Å². The second kappa shape index (κ2) is 5.77. The van der Waals surface area contributed by atoms with Gasteiger partial charge in [0.25, 0.3) is 0 Å². The molecule has 0 spiro atoms. The van der Waals surface area contributed by atoms with Gasteiger partial charge in [-0.2, -0.15) is 0 Å². The number of rotatable bonds is 3. The van der Waals surface area contributed by atoms with Gasteiger partial charge in [0.1, 0.15) is 11.3 Å². The topological polar surface area (TPSA) is 56.5 Å². The van der Waals surface area contributed by atoms with Crippen molar-refractivity contribution in [3.8, 4) is 5.75 Å². The van der Waals surface area contributed by atoms with E-state index in [1.54, 1.807) is 24.3 Å². The van der Waals surface area contributed by atoms with Gasteiger partial charge in [-0.15, -0.1) is 0 Å². The normalized spacial score (nSPS) is 11.0. The fraction of sp³-hybridized carbons (Fsp3) is 0.176. The number of fused-ring (bicyclic) bond motifs is 1. The predicted octanol–water partition coefficient (Wildman–Crippen LogP) is 4.20. The lowest BCUT2D eigenvalue weighted by molar-refractivity contribution is 0.0735. The quantitative estimate of drug-likeness (QED) is 0.537. The third kappa shape index (κ3) is 2.94. The number of esters is 1. The van der Waals surface area contributed by atoms with Crippen LogP contribution < -0.4 is 9.68 Å². The molecule has 4 nitrogen and oxygen atoms in total. The molecule has 0 radical (unpaired) electrons. The Bertz CT molecular complexity index is 889. The van der Waals surface area contributed by atoms with E-state index >= 15 is 0 Å². The highest BCUT2D eigenvalue weighted by Gasteiger charge is 2.12. The van der Waals surface area contributed by atoms with Gasteiger partial charge >= 0.3 is 10.9 Å². The van der Waals surface area contributed by atoms with E-state index in [1.165, 1.54) is 0 Å². The molecule has 0 atom stereocenters. The maximum atomic E-state index is 12.2. The molecule has 0 aliphatic rings. The van der Waals surface area contributed by atoms with Crippen LogP contribution >= 0.6 is 11.3 Å². The van der Waals surface area contributed by atoms with Crippen LogP contribution in [0.15, 0.2) is 51.7 Å². The SMILES string of the molecule is CC(C)c1cccc(C(=O)Oc2ccc3oc(=O)sc3c2)c1. The fourth-order valence-corrected chi connectivity index (χ4v) is 2.80. The summed E-state index contributed by atoms with van der Waals surface area (Å²) in [5.41, 5.74) is 2.08. The summed E-state index contributed by atoms with van der Waals surface area (Å²) in [7, 11) is 0. The number of ether oxygens (including phenoxy) is 1. The van der Waals surface area contributed by atoms with Gasteiger partial charge in [-0.05, 0) is 35.7 Å². The van der Waals surface area contributed by atoms with Gasteiger partial charge in [0, 0.05) is 6.07 Å². The molecular weight excluding hydrogens is 300 g/mol. The molecule has 5 heteroatoms. The van der Waals surface area contributed by atoms with Gasteiger partial charge in [0.2, 0.25) is 0 Å². The molecule has 1 aromatic heterocycles. The van der Waals surface area contributed by atoms with Crippen molar-refractivity contribution < 1.29 is 13.9 Å². The molecule has 0 N–H and O–H groups in total. The zero-order chi connectivity index (χ0) is 15.7. The minimum absolute atomic E-state index is 0.340. The van der Waals surface area contributed by atoms with Crippen LogP contribution in [0.1, 0.15) is 35.7 Å². The van der Waals surface area contributed by atoms with Gasteiger partial charge in [-0.25, -0.2) is 9.59 Å². The van der Waals surface area contributed by atoms with E-state index in [2.05, 4.69) is 13.8 Å². The first kappa shape index (κ1) is 14.5. The lowest BCUT2D eigenvalue weighted by atomic mass is 10.0. The number of hydrogen-bond acceptors (Lipinski definition) is 5. The molecule has 1 heterocycles. The van der Waals surface area contributed by atoms with Crippen molar-refractivity contribution in [3.63, 3.8) is 0 Å². The zero-order valence-corrected chi connectivity index (χ0v) is 13.0. The maximum Gasteiger partial charge on any atom is 0.396 e. The smallest absolute Gasteiger partial charge is 0.396 e. The Morgan fingerprint density at radius 1 is 1.18 bits per heavy atom. The molecule has 0 bridgehead atoms. The van der Waals surface area contributed by atoms with Gasteiger partial charge in [-0.3, -0.25) is 0 Å². The predicted molar refractivity (Wildman–Crippen MR) is 85.9 cm³/mol. The summed E-state index contributed by atoms with van der Waals surface area (Å²) in [6.45, 7) is 4.14. The summed E-state index contributed by atoms with van der Waals surface area (Å²) in [6, 6.07) is 12.3. The van der Waals surface area contributed by atoms with Crippen LogP contribution in [0.2, 0.25) is 0 Å². The van der Waals surface area contributed by atoms with Crippen LogP contribution in [0.5, 0.6) is 5.75 Å². The molecule has 112 valence electrons. The van der Waals surface area contributed by atoms with E-state index in [0.29, 0.717) is 27.5 Å². The second-order valence-corrected chi connectivity index (χ2v) is 6.21. The first-order valence-electron chi connectivity index (χ1n) is 6.89. The van der Waals surface area contributed by atoms with E-state index in [0.717, 1.165) is 16.9 Å². The van der Waals surface area contributed by atoms with Gasteiger partial charge in [0.05, 0.1) is 10.3 Å². The molecule has 0 amide bonds. The highest BCUT2D eigenvalue weighted by molar-refractivity contribution is 7.16. The van der Waals surface area contributed by atoms with Crippen LogP contribution in [0.4, 0.5) is 0 Å². The highest BCUT2D eigenvalue weighted by atomic mass is 32.1. The number of hydrogen-bond donors (Lipinski definition) is 0. The Morgan fingerprint density at radius 3 is 2.77 bits per heavy atom. The Hall–Kier alpha value is -2.40. The summed E-state index contributed by atoms with van der Waals surface area (Å²) in [6.07, 6.45) is 0. The van der Waals surface area contributed by atoms with E-state index in [4.69, 9.17) is 9.15 Å². The molecule has 3 rings (SSSR count). The largest absolute Gasteiger partial charge is 0.423 e. The highest BCUT2D eigenvalue weighted by Crippen LogP contribution is 2.24. The van der Waals surface area contributed by atoms with Gasteiger partial charge in [0.15, 0.2) is 0 Å². The van der Waals surface area contributed by atoms with E-state index in [1.807, 2.05) is 18.2 Å². The van der Waals surface area contributed by atoms with Crippen LogP contribution in [-0.4, -0.2) is 5.97 Å². The molecular formula is C17H14O4S. The summed E-state index contributed by atoms with van der Waals surface area (Å²) >= 11 is 0.982. The molecule has 0 saturated carbocycles. The Balaban J connectivity index is 1.86. The minimum atomic E-state index is -0.419. The van der Waals surface area contributed by atoms with Crippen molar-refractivity contribution in [1.82, 2.24) is 0 Å². The van der Waals surface area contributed by atoms with E-state index in [9.17, 15) is 9.59 Å². The molecule has 0 saturated heterocycles. The number of carbonyl (C=O) groups excluding carboxylic acids is 1. The standard InChI is InChI=1S/C17H14O4S/c1-10(2)11-4-3-5-12(8-11)16(18)20-13-6-7-14-15(9-13)22-17(19)21-14/h3-10H,1-2H3. The minimum Gasteiger partial charge on any atom is -0.423 e. The monoisotopic (exact) mass is 314 g/mol. The Labute approximate surface area is 131 Å². The lowest BCUT2D eigenvalue weighted by Gasteiger charge is -2.08. The van der Waals surface area contributed by atoms with Crippen molar-refractivity contribution in [2.45, 2.75) is 19.8 Å². The van der Waals surface area contributed by atoms with Crippen LogP contribution in [0, 0.1) is 0 Å². The first-order valence-corrected chi connectivity index (χ1v) is 7.70. The second-order valence-electron chi connectivity index (χ2n) is 5.23. The molecule has 2 aromatic carbocycles. The third-order valence-electron chi connectivity index (χ3n) is 3.30. The summed E-state index contributed by atoms with van der Waals surface area (Å²) in [5, 5.41) is 0. The molecule has 0 fully saturated rings. The molecule has 22 heavy (non-hydrogen) atoms. The molecule has 0 aliphatic heterocycles. The van der Waals surface area contributed by atoms with Gasteiger partial charge in [-0.1, -0.05) is 37.3 Å². The molecule has 0 unspecified atom stereocenters. The zero-order valence-electron chi connectivity index (χ0n) is 12.2. The van der Waals surface area contributed by atoms with Gasteiger partial charge < -0.3 is 9.15 Å². The third-order valence-corrected chi connectivity index (χ3v) is 4.09. The first-order chi connectivity index (χ1) is 10.5. The average molecular weight is 314 g/mol. The van der Waals surface area contributed by atoms with Crippen LogP contribution in [0.25, 0.3) is 10.3 Å². The van der Waals surface area contributed by atoms with Crippen molar-refractivity contribution in [2.75, 3.05) is 0 Å². The average Bonchev–Trinajstić information content (AvgIpc) is 2.86. The molecule has 3 aromatic rings. The summed E-state index contributed by atoms with van der Waals surface area (Å²) in [5.74, 6) is 0.314. The van der Waals surface area contributed by atoms with E-state index in [-0.39, 0.29) is 4.94 Å². The Morgan fingerprint density at radius 2 is 2.00 bits per heavy atom. The maximum absolute atomic E-state index is 12.2. The number of benzene rings is 2. The molecule has 0 aliphatic carbocycles. The fourth-order valence-electron chi connectivity index (χ4n) is 2.11. The van der Waals surface area contributed by atoms with Crippen molar-refractivity contribution in [2.24, 2.45) is 0 Å². The van der Waals surface area contributed by atoms with Crippen LogP contribution in [0.3, 0.4) is 0 Å². The number of carbonyl (C=O) groups is 1. The van der Waals surface area contributed by atoms with Crippen molar-refractivity contribution in [1.29, 1.82) is 0 Å². The lowest BCUT2D eigenvalue weighted by Crippen LogP contribution is -2.09. The van der Waals surface area contributed by atoms with Crippen molar-refractivity contribution in [3.05, 3.63) is 63.3 Å². The van der Waals surface area contributed by atoms with E-state index < -0.39 is 5.97 Å². The summed E-state index contributed by atoms with van der Waals surface area (Å²) in [4.78, 5) is 23.0. The van der Waals surface area contributed by atoms with Crippen LogP contribution in [-0.2, 0) is 0 Å².